The van der Waals surface area contributed by atoms with Gasteiger partial charge in [0.05, 0.1) is 27.4 Å². The zero-order chi connectivity index (χ0) is 15.0. The number of thiophene rings is 1. The maximum absolute atomic E-state index is 12.4. The second-order valence-corrected chi connectivity index (χ2v) is 6.41. The molecule has 0 aliphatic rings. The molecule has 0 atom stereocenters. The summed E-state index contributed by atoms with van der Waals surface area (Å²) in [6, 6.07) is 7.88. The van der Waals surface area contributed by atoms with E-state index in [0.29, 0.717) is 22.4 Å². The molecule has 0 unspecified atom stereocenters. The highest BCUT2D eigenvalue weighted by molar-refractivity contribution is 8.00. The van der Waals surface area contributed by atoms with Crippen molar-refractivity contribution in [1.29, 1.82) is 5.26 Å². The number of hydrogen-bond donors (Lipinski definition) is 0. The molecule has 3 aromatic rings. The van der Waals surface area contributed by atoms with Crippen molar-refractivity contribution in [1.82, 2.24) is 4.40 Å². The standard InChI is InChI=1S/C15H12N2O2S2/c1-3-19-14(18)11-9-6-4-5-7-17(9)13-12(11)10(8-16)21-15(13)20-2/h4-7H,3H2,1-2H3. The van der Waals surface area contributed by atoms with Crippen LogP contribution in [0.2, 0.25) is 0 Å². The third kappa shape index (κ3) is 2.01. The van der Waals surface area contributed by atoms with Gasteiger partial charge in [0.1, 0.15) is 10.9 Å². The number of carbonyl (C=O) groups excluding carboxylic acids is 1. The highest BCUT2D eigenvalue weighted by Crippen LogP contribution is 2.41. The third-order valence-electron chi connectivity index (χ3n) is 3.23. The minimum atomic E-state index is -0.377. The fourth-order valence-electron chi connectivity index (χ4n) is 2.45. The van der Waals surface area contributed by atoms with Crippen molar-refractivity contribution in [3.63, 3.8) is 0 Å². The summed E-state index contributed by atoms with van der Waals surface area (Å²) in [6.45, 7) is 2.09. The fraction of sp³-hybridized carbons (Fsp3) is 0.200. The largest absolute Gasteiger partial charge is 0.462 e. The van der Waals surface area contributed by atoms with E-state index >= 15 is 0 Å². The van der Waals surface area contributed by atoms with E-state index in [0.717, 1.165) is 15.2 Å². The summed E-state index contributed by atoms with van der Waals surface area (Å²) in [4.78, 5) is 12.9. The average Bonchev–Trinajstić information content (AvgIpc) is 3.02. The van der Waals surface area contributed by atoms with E-state index < -0.39 is 0 Å². The summed E-state index contributed by atoms with van der Waals surface area (Å²) < 4.78 is 8.17. The van der Waals surface area contributed by atoms with Crippen LogP contribution in [0.5, 0.6) is 0 Å². The lowest BCUT2D eigenvalue weighted by Gasteiger charge is -2.01. The SMILES string of the molecule is CCOC(=O)c1c2c(C#N)sc(SC)c2n2ccccc12. The zero-order valence-electron chi connectivity index (χ0n) is 11.5. The second-order valence-electron chi connectivity index (χ2n) is 4.31. The highest BCUT2D eigenvalue weighted by atomic mass is 32.2. The number of nitriles is 1. The summed E-state index contributed by atoms with van der Waals surface area (Å²) in [5, 5.41) is 10.1. The molecule has 3 rings (SSSR count). The Morgan fingerprint density at radius 2 is 2.33 bits per heavy atom. The minimum absolute atomic E-state index is 0.311. The number of ether oxygens (including phenoxy) is 1. The van der Waals surface area contributed by atoms with E-state index in [1.54, 1.807) is 18.7 Å². The molecule has 21 heavy (non-hydrogen) atoms. The Morgan fingerprint density at radius 1 is 1.52 bits per heavy atom. The lowest BCUT2D eigenvalue weighted by molar-refractivity contribution is 0.0531. The number of hydrogen-bond acceptors (Lipinski definition) is 5. The average molecular weight is 316 g/mol. The van der Waals surface area contributed by atoms with Crippen LogP contribution >= 0.6 is 23.1 Å². The Balaban J connectivity index is 2.50. The van der Waals surface area contributed by atoms with Gasteiger partial charge in [-0.15, -0.1) is 23.1 Å². The molecule has 0 bridgehead atoms. The molecule has 4 nitrogen and oxygen atoms in total. The van der Waals surface area contributed by atoms with Crippen molar-refractivity contribution in [2.75, 3.05) is 12.9 Å². The molecule has 0 fully saturated rings. The lowest BCUT2D eigenvalue weighted by atomic mass is 10.1. The van der Waals surface area contributed by atoms with E-state index in [4.69, 9.17) is 4.74 Å². The summed E-state index contributed by atoms with van der Waals surface area (Å²) in [5.41, 5.74) is 2.18. The first-order valence-electron chi connectivity index (χ1n) is 6.39. The van der Waals surface area contributed by atoms with Gasteiger partial charge >= 0.3 is 5.97 Å². The van der Waals surface area contributed by atoms with Crippen LogP contribution in [0.25, 0.3) is 16.4 Å². The summed E-state index contributed by atoms with van der Waals surface area (Å²) in [6.07, 6.45) is 3.88. The van der Waals surface area contributed by atoms with Crippen LogP contribution in [0.4, 0.5) is 0 Å². The quantitative estimate of drug-likeness (QED) is 0.543. The molecule has 0 aliphatic heterocycles. The normalized spacial score (nSPS) is 10.9. The topological polar surface area (TPSA) is 54.5 Å². The van der Waals surface area contributed by atoms with Gasteiger partial charge in [0.2, 0.25) is 0 Å². The molecule has 3 aromatic heterocycles. The minimum Gasteiger partial charge on any atom is -0.462 e. The maximum atomic E-state index is 12.4. The van der Waals surface area contributed by atoms with Gasteiger partial charge in [0.25, 0.3) is 0 Å². The molecule has 3 heterocycles. The van der Waals surface area contributed by atoms with Crippen molar-refractivity contribution >= 4 is 45.5 Å². The Morgan fingerprint density at radius 3 is 3.00 bits per heavy atom. The van der Waals surface area contributed by atoms with Gasteiger partial charge in [-0.2, -0.15) is 5.26 Å². The van der Waals surface area contributed by atoms with Crippen LogP contribution in [-0.2, 0) is 4.74 Å². The first-order chi connectivity index (χ1) is 10.2. The Kier molecular flexibility index (Phi) is 3.62. The van der Waals surface area contributed by atoms with Gasteiger partial charge in [0.15, 0.2) is 0 Å². The van der Waals surface area contributed by atoms with Gasteiger partial charge in [-0.25, -0.2) is 4.79 Å². The van der Waals surface area contributed by atoms with Gasteiger partial charge in [-0.1, -0.05) is 6.07 Å². The van der Waals surface area contributed by atoms with Crippen molar-refractivity contribution in [3.8, 4) is 6.07 Å². The highest BCUT2D eigenvalue weighted by Gasteiger charge is 2.25. The molecule has 0 spiro atoms. The zero-order valence-corrected chi connectivity index (χ0v) is 13.2. The molecule has 6 heteroatoms. The monoisotopic (exact) mass is 316 g/mol. The van der Waals surface area contributed by atoms with Crippen molar-refractivity contribution in [2.24, 2.45) is 0 Å². The molecule has 0 aromatic carbocycles. The number of rotatable bonds is 3. The van der Waals surface area contributed by atoms with E-state index in [2.05, 4.69) is 6.07 Å². The van der Waals surface area contributed by atoms with Crippen molar-refractivity contribution in [2.45, 2.75) is 11.1 Å². The van der Waals surface area contributed by atoms with Crippen LogP contribution in [-0.4, -0.2) is 23.2 Å². The van der Waals surface area contributed by atoms with Gasteiger partial charge < -0.3 is 9.14 Å². The fourth-order valence-corrected chi connectivity index (χ4v) is 4.26. The Labute approximate surface area is 129 Å². The van der Waals surface area contributed by atoms with E-state index in [1.165, 1.54) is 11.3 Å². The third-order valence-corrected chi connectivity index (χ3v) is 5.42. The Bertz CT molecular complexity index is 886. The number of fused-ring (bicyclic) bond motifs is 3. The second kappa shape index (κ2) is 5.43. The van der Waals surface area contributed by atoms with Crippen LogP contribution < -0.4 is 0 Å². The lowest BCUT2D eigenvalue weighted by Crippen LogP contribution is -2.04. The predicted octanol–water partition coefficient (Wildman–Crippen LogP) is 3.92. The van der Waals surface area contributed by atoms with Crippen molar-refractivity contribution in [3.05, 3.63) is 34.8 Å². The molecule has 0 radical (unpaired) electrons. The number of carbonyl (C=O) groups is 1. The van der Waals surface area contributed by atoms with Crippen LogP contribution in [0.3, 0.4) is 0 Å². The van der Waals surface area contributed by atoms with Crippen LogP contribution in [0.1, 0.15) is 22.2 Å². The number of esters is 1. The van der Waals surface area contributed by atoms with Crippen molar-refractivity contribution < 1.29 is 9.53 Å². The van der Waals surface area contributed by atoms with E-state index in [-0.39, 0.29) is 5.97 Å². The smallest absolute Gasteiger partial charge is 0.341 e. The first kappa shape index (κ1) is 14.0. The summed E-state index contributed by atoms with van der Waals surface area (Å²) in [5.74, 6) is -0.377. The molecule has 106 valence electrons. The van der Waals surface area contributed by atoms with Gasteiger partial charge in [-0.3, -0.25) is 0 Å². The molecule has 0 amide bonds. The summed E-state index contributed by atoms with van der Waals surface area (Å²) in [7, 11) is 0. The number of nitrogens with zero attached hydrogens (tertiary/aromatic N) is 2. The molecule has 0 saturated carbocycles. The van der Waals surface area contributed by atoms with E-state index in [9.17, 15) is 10.1 Å². The predicted molar refractivity (Wildman–Crippen MR) is 85.2 cm³/mol. The van der Waals surface area contributed by atoms with Gasteiger partial charge in [0, 0.05) is 11.6 Å². The first-order valence-corrected chi connectivity index (χ1v) is 8.43. The molecule has 0 N–H and O–H groups in total. The number of thioether (sulfide) groups is 1. The molecular formula is C15H12N2O2S2. The molecular weight excluding hydrogens is 304 g/mol. The number of pyridine rings is 1. The maximum Gasteiger partial charge on any atom is 0.341 e. The van der Waals surface area contributed by atoms with E-state index in [1.807, 2.05) is 35.1 Å². The van der Waals surface area contributed by atoms with Crippen LogP contribution in [0.15, 0.2) is 28.6 Å². The number of aromatic nitrogens is 1. The molecule has 0 aliphatic carbocycles. The van der Waals surface area contributed by atoms with Crippen LogP contribution in [0, 0.1) is 11.3 Å². The Hall–Kier alpha value is -1.97. The summed E-state index contributed by atoms with van der Waals surface area (Å²) >= 11 is 3.00. The van der Waals surface area contributed by atoms with Gasteiger partial charge in [-0.05, 0) is 25.3 Å². The molecule has 0 saturated heterocycles.